The van der Waals surface area contributed by atoms with Crippen LogP contribution in [0.1, 0.15) is 39.0 Å². The highest BCUT2D eigenvalue weighted by molar-refractivity contribution is 6.27. The third kappa shape index (κ3) is 3.91. The van der Waals surface area contributed by atoms with E-state index in [1.165, 1.54) is 0 Å². The van der Waals surface area contributed by atoms with Crippen LogP contribution < -0.4 is 5.32 Å². The van der Waals surface area contributed by atoms with E-state index in [1.54, 1.807) is 0 Å². The average molecular weight is 254 g/mol. The number of hydrogen-bond donors (Lipinski definition) is 1. The van der Waals surface area contributed by atoms with E-state index in [-0.39, 0.29) is 11.9 Å². The van der Waals surface area contributed by atoms with Crippen LogP contribution in [0.5, 0.6) is 0 Å². The predicted molar refractivity (Wildman–Crippen MR) is 68.2 cm³/mol. The number of amides is 1. The molecule has 0 saturated carbocycles. The van der Waals surface area contributed by atoms with Crippen molar-refractivity contribution in [3.8, 4) is 0 Å². The van der Waals surface area contributed by atoms with Crippen LogP contribution in [-0.4, -0.2) is 48.6 Å². The van der Waals surface area contributed by atoms with Gasteiger partial charge in [0.25, 0.3) is 0 Å². The smallest absolute Gasteiger partial charge is 0.237 e. The monoisotopic (exact) mass is 254 g/mol. The number of likely N-dealkylation sites (N-methyl/N-ethyl adjacent to an activating group) is 1. The van der Waals surface area contributed by atoms with Gasteiger partial charge in [0.15, 0.2) is 6.29 Å². The quantitative estimate of drug-likeness (QED) is 0.531. The Kier molecular flexibility index (Phi) is 5.98. The molecule has 2 unspecified atom stereocenters. The molecule has 1 aliphatic rings. The zero-order valence-electron chi connectivity index (χ0n) is 11.1. The molecule has 1 saturated heterocycles. The molecule has 2 atom stereocenters. The summed E-state index contributed by atoms with van der Waals surface area (Å²) in [4.78, 5) is 36.0. The Hall–Kier alpha value is -1.23. The maximum absolute atomic E-state index is 12.0. The fraction of sp³-hybridized carbons (Fsp3) is 0.769. The SMILES string of the molecule is CCCCC(NC(=O)C1CCCN1C)C(=O)C=O. The molecule has 1 amide bonds. The van der Waals surface area contributed by atoms with Gasteiger partial charge in [0.05, 0.1) is 12.1 Å². The van der Waals surface area contributed by atoms with Crippen LogP contribution in [0.25, 0.3) is 0 Å². The number of carbonyl (C=O) groups excluding carboxylic acids is 3. The van der Waals surface area contributed by atoms with Crippen molar-refractivity contribution in [1.82, 2.24) is 10.2 Å². The number of ketones is 1. The third-order valence-corrected chi connectivity index (χ3v) is 3.45. The van der Waals surface area contributed by atoms with Gasteiger partial charge in [-0.3, -0.25) is 19.3 Å². The molecule has 0 aliphatic carbocycles. The van der Waals surface area contributed by atoms with Crippen molar-refractivity contribution in [2.24, 2.45) is 0 Å². The molecule has 1 rings (SSSR count). The lowest BCUT2D eigenvalue weighted by Gasteiger charge is -2.22. The normalized spacial score (nSPS) is 21.6. The Balaban J connectivity index is 2.56. The zero-order valence-corrected chi connectivity index (χ0v) is 11.1. The van der Waals surface area contributed by atoms with E-state index in [1.807, 2.05) is 18.9 Å². The fourth-order valence-corrected chi connectivity index (χ4v) is 2.29. The van der Waals surface area contributed by atoms with Gasteiger partial charge in [0.1, 0.15) is 0 Å². The number of rotatable bonds is 7. The summed E-state index contributed by atoms with van der Waals surface area (Å²) in [5.74, 6) is -0.663. The van der Waals surface area contributed by atoms with Gasteiger partial charge in [-0.2, -0.15) is 0 Å². The van der Waals surface area contributed by atoms with Crippen molar-refractivity contribution >= 4 is 18.0 Å². The first-order valence-electron chi connectivity index (χ1n) is 6.59. The first-order chi connectivity index (χ1) is 8.60. The number of likely N-dealkylation sites (tertiary alicyclic amines) is 1. The van der Waals surface area contributed by atoms with Crippen molar-refractivity contribution in [2.45, 2.75) is 51.1 Å². The van der Waals surface area contributed by atoms with Gasteiger partial charge in [-0.25, -0.2) is 0 Å². The second kappa shape index (κ2) is 7.26. The van der Waals surface area contributed by atoms with Crippen LogP contribution in [-0.2, 0) is 14.4 Å². The summed E-state index contributed by atoms with van der Waals surface area (Å²) >= 11 is 0. The second-order valence-electron chi connectivity index (χ2n) is 4.86. The number of nitrogens with zero attached hydrogens (tertiary/aromatic N) is 1. The Morgan fingerprint density at radius 3 is 2.72 bits per heavy atom. The zero-order chi connectivity index (χ0) is 13.5. The number of hydrogen-bond acceptors (Lipinski definition) is 4. The van der Waals surface area contributed by atoms with E-state index in [4.69, 9.17) is 0 Å². The van der Waals surface area contributed by atoms with Crippen molar-refractivity contribution in [1.29, 1.82) is 0 Å². The molecule has 18 heavy (non-hydrogen) atoms. The van der Waals surface area contributed by atoms with Crippen LogP contribution in [0.4, 0.5) is 0 Å². The van der Waals surface area contributed by atoms with Crippen molar-refractivity contribution < 1.29 is 14.4 Å². The van der Waals surface area contributed by atoms with Crippen molar-refractivity contribution in [3.63, 3.8) is 0 Å². The molecule has 1 fully saturated rings. The van der Waals surface area contributed by atoms with Gasteiger partial charge in [0, 0.05) is 0 Å². The highest BCUT2D eigenvalue weighted by Gasteiger charge is 2.30. The van der Waals surface area contributed by atoms with Crippen LogP contribution in [0, 0.1) is 0 Å². The van der Waals surface area contributed by atoms with Crippen molar-refractivity contribution in [3.05, 3.63) is 0 Å². The molecule has 102 valence electrons. The topological polar surface area (TPSA) is 66.5 Å². The lowest BCUT2D eigenvalue weighted by Crippen LogP contribution is -2.48. The van der Waals surface area contributed by atoms with E-state index in [2.05, 4.69) is 5.32 Å². The molecular weight excluding hydrogens is 232 g/mol. The first kappa shape index (κ1) is 14.8. The highest BCUT2D eigenvalue weighted by atomic mass is 16.2. The minimum Gasteiger partial charge on any atom is -0.344 e. The lowest BCUT2D eigenvalue weighted by molar-refractivity contribution is -0.134. The Bertz CT molecular complexity index is 317. The van der Waals surface area contributed by atoms with Crippen LogP contribution in [0.2, 0.25) is 0 Å². The number of unbranched alkanes of at least 4 members (excludes halogenated alkanes) is 1. The highest BCUT2D eigenvalue weighted by Crippen LogP contribution is 2.15. The summed E-state index contributed by atoms with van der Waals surface area (Å²) in [6.07, 6.45) is 4.41. The standard InChI is InChI=1S/C13H22N2O3/c1-3-4-6-10(12(17)9-16)14-13(18)11-7-5-8-15(11)2/h9-11H,3-8H2,1-2H3,(H,14,18). The van der Waals surface area contributed by atoms with E-state index in [9.17, 15) is 14.4 Å². The van der Waals surface area contributed by atoms with E-state index in [0.717, 1.165) is 32.2 Å². The summed E-state index contributed by atoms with van der Waals surface area (Å²) in [6, 6.07) is -0.808. The van der Waals surface area contributed by atoms with E-state index in [0.29, 0.717) is 12.7 Å². The Morgan fingerprint density at radius 2 is 2.22 bits per heavy atom. The first-order valence-corrected chi connectivity index (χ1v) is 6.59. The van der Waals surface area contributed by atoms with Crippen LogP contribution in [0.15, 0.2) is 0 Å². The van der Waals surface area contributed by atoms with Gasteiger partial charge < -0.3 is 5.32 Å². The molecule has 1 aliphatic heterocycles. The fourth-order valence-electron chi connectivity index (χ4n) is 2.29. The molecule has 0 aromatic heterocycles. The van der Waals surface area contributed by atoms with Gasteiger partial charge in [-0.15, -0.1) is 0 Å². The summed E-state index contributed by atoms with van der Waals surface area (Å²) in [6.45, 7) is 2.91. The number of Topliss-reactive ketones (excluding diaryl/α,β-unsaturated/α-hetero) is 1. The molecule has 5 nitrogen and oxygen atoms in total. The molecular formula is C13H22N2O3. The Morgan fingerprint density at radius 1 is 1.50 bits per heavy atom. The Labute approximate surface area is 108 Å². The van der Waals surface area contributed by atoms with Gasteiger partial charge in [-0.05, 0) is 32.9 Å². The minimum absolute atomic E-state index is 0.133. The maximum atomic E-state index is 12.0. The summed E-state index contributed by atoms with van der Waals surface area (Å²) < 4.78 is 0. The minimum atomic E-state index is -0.649. The maximum Gasteiger partial charge on any atom is 0.237 e. The lowest BCUT2D eigenvalue weighted by atomic mass is 10.1. The number of aldehydes is 1. The molecule has 0 bridgehead atoms. The van der Waals surface area contributed by atoms with Gasteiger partial charge in [0.2, 0.25) is 11.7 Å². The second-order valence-corrected chi connectivity index (χ2v) is 4.86. The molecule has 1 heterocycles. The number of nitrogens with one attached hydrogen (secondary N) is 1. The molecule has 0 aromatic carbocycles. The van der Waals surface area contributed by atoms with Crippen LogP contribution in [0.3, 0.4) is 0 Å². The predicted octanol–water partition coefficient (Wildman–Crippen LogP) is 0.524. The third-order valence-electron chi connectivity index (χ3n) is 3.45. The molecule has 1 N–H and O–H groups in total. The average Bonchev–Trinajstić information content (AvgIpc) is 2.79. The summed E-state index contributed by atoms with van der Waals surface area (Å²) in [5, 5.41) is 2.71. The van der Waals surface area contributed by atoms with Crippen LogP contribution >= 0.6 is 0 Å². The van der Waals surface area contributed by atoms with Gasteiger partial charge >= 0.3 is 0 Å². The summed E-state index contributed by atoms with van der Waals surface area (Å²) in [5.41, 5.74) is 0. The molecule has 0 spiro atoms. The largest absolute Gasteiger partial charge is 0.344 e. The van der Waals surface area contributed by atoms with E-state index >= 15 is 0 Å². The van der Waals surface area contributed by atoms with E-state index < -0.39 is 11.8 Å². The number of carbonyl (C=O) groups is 3. The van der Waals surface area contributed by atoms with Gasteiger partial charge in [-0.1, -0.05) is 19.8 Å². The molecule has 0 radical (unpaired) electrons. The molecule has 0 aromatic rings. The molecule has 5 heteroatoms. The summed E-state index contributed by atoms with van der Waals surface area (Å²) in [7, 11) is 1.90. The van der Waals surface area contributed by atoms with Crippen molar-refractivity contribution in [2.75, 3.05) is 13.6 Å².